The van der Waals surface area contributed by atoms with Crippen molar-refractivity contribution in [1.29, 1.82) is 0 Å². The van der Waals surface area contributed by atoms with Crippen LogP contribution in [0, 0.1) is 6.92 Å². The van der Waals surface area contributed by atoms with Crippen LogP contribution in [0.15, 0.2) is 30.5 Å². The first-order chi connectivity index (χ1) is 11.7. The molecule has 0 aliphatic carbocycles. The topological polar surface area (TPSA) is 88.5 Å². The average Bonchev–Trinajstić information content (AvgIpc) is 2.55. The number of pyridine rings is 1. The molecule has 0 spiro atoms. The van der Waals surface area contributed by atoms with Crippen LogP contribution < -0.4 is 5.32 Å². The molecule has 0 aliphatic heterocycles. The zero-order chi connectivity index (χ0) is 18.8. The Morgan fingerprint density at radius 1 is 1.32 bits per heavy atom. The standard InChI is InChI=1S/C18H19ClN2O4/c1-10-13(11-6-5-7-12(19)8-11)9-20-14(15(10)22)16(23)21-18(2,3)17(24)25-4/h5-9,22H,1-4H3,(H,21,23). The quantitative estimate of drug-likeness (QED) is 0.816. The summed E-state index contributed by atoms with van der Waals surface area (Å²) in [5, 5.41) is 13.5. The second kappa shape index (κ2) is 7.11. The Morgan fingerprint density at radius 3 is 2.60 bits per heavy atom. The van der Waals surface area contributed by atoms with E-state index in [-0.39, 0.29) is 11.4 Å². The summed E-state index contributed by atoms with van der Waals surface area (Å²) in [6, 6.07) is 7.10. The molecule has 0 radical (unpaired) electrons. The van der Waals surface area contributed by atoms with Gasteiger partial charge in [-0.1, -0.05) is 23.7 Å². The second-order valence-electron chi connectivity index (χ2n) is 6.08. The molecule has 0 atom stereocenters. The van der Waals surface area contributed by atoms with E-state index in [1.807, 2.05) is 6.07 Å². The van der Waals surface area contributed by atoms with Crippen molar-refractivity contribution < 1.29 is 19.4 Å². The Balaban J connectivity index is 2.37. The molecule has 1 aromatic carbocycles. The van der Waals surface area contributed by atoms with Crippen molar-refractivity contribution >= 4 is 23.5 Å². The zero-order valence-electron chi connectivity index (χ0n) is 14.4. The molecule has 25 heavy (non-hydrogen) atoms. The van der Waals surface area contributed by atoms with E-state index in [1.165, 1.54) is 27.2 Å². The molecule has 0 unspecified atom stereocenters. The molecule has 1 aromatic heterocycles. The molecule has 0 bridgehead atoms. The minimum Gasteiger partial charge on any atom is -0.505 e. The largest absolute Gasteiger partial charge is 0.505 e. The maximum atomic E-state index is 12.4. The summed E-state index contributed by atoms with van der Waals surface area (Å²) in [5.74, 6) is -1.53. The maximum Gasteiger partial charge on any atom is 0.330 e. The van der Waals surface area contributed by atoms with Crippen molar-refractivity contribution in [2.24, 2.45) is 0 Å². The summed E-state index contributed by atoms with van der Waals surface area (Å²) in [7, 11) is 1.23. The summed E-state index contributed by atoms with van der Waals surface area (Å²) in [6.07, 6.45) is 1.49. The fourth-order valence-corrected chi connectivity index (χ4v) is 2.54. The molecule has 0 fully saturated rings. The van der Waals surface area contributed by atoms with E-state index in [2.05, 4.69) is 15.0 Å². The van der Waals surface area contributed by atoms with E-state index in [1.54, 1.807) is 25.1 Å². The van der Waals surface area contributed by atoms with Crippen molar-refractivity contribution in [3.63, 3.8) is 0 Å². The van der Waals surface area contributed by atoms with Crippen LogP contribution in [0.4, 0.5) is 0 Å². The Hall–Kier alpha value is -2.60. The minimum absolute atomic E-state index is 0.166. The molecule has 2 aromatic rings. The van der Waals surface area contributed by atoms with Crippen LogP contribution in [0.5, 0.6) is 5.75 Å². The van der Waals surface area contributed by atoms with Gasteiger partial charge in [0.25, 0.3) is 5.91 Å². The van der Waals surface area contributed by atoms with Crippen LogP contribution in [-0.4, -0.2) is 34.6 Å². The Bertz CT molecular complexity index is 834. The Kier molecular flexibility index (Phi) is 5.33. The fourth-order valence-electron chi connectivity index (χ4n) is 2.35. The van der Waals surface area contributed by atoms with Crippen molar-refractivity contribution in [1.82, 2.24) is 10.3 Å². The first-order valence-corrected chi connectivity index (χ1v) is 7.90. The summed E-state index contributed by atoms with van der Waals surface area (Å²) >= 11 is 5.99. The van der Waals surface area contributed by atoms with Crippen molar-refractivity contribution in [2.45, 2.75) is 26.3 Å². The lowest BCUT2D eigenvalue weighted by Crippen LogP contribution is -2.50. The molecule has 7 heteroatoms. The summed E-state index contributed by atoms with van der Waals surface area (Å²) in [6.45, 7) is 4.68. The summed E-state index contributed by atoms with van der Waals surface area (Å²) < 4.78 is 4.64. The number of nitrogens with one attached hydrogen (secondary N) is 1. The first-order valence-electron chi connectivity index (χ1n) is 7.53. The number of rotatable bonds is 4. The number of aromatic hydroxyl groups is 1. The van der Waals surface area contributed by atoms with E-state index < -0.39 is 17.4 Å². The van der Waals surface area contributed by atoms with Gasteiger partial charge < -0.3 is 15.2 Å². The van der Waals surface area contributed by atoms with Crippen LogP contribution in [0.2, 0.25) is 5.02 Å². The highest BCUT2D eigenvalue weighted by Crippen LogP contribution is 2.32. The van der Waals surface area contributed by atoms with Gasteiger partial charge in [0.1, 0.15) is 11.3 Å². The molecule has 0 saturated carbocycles. The van der Waals surface area contributed by atoms with Gasteiger partial charge in [0, 0.05) is 22.3 Å². The third-order valence-corrected chi connectivity index (χ3v) is 4.01. The van der Waals surface area contributed by atoms with Crippen LogP contribution in [-0.2, 0) is 9.53 Å². The van der Waals surface area contributed by atoms with Crippen LogP contribution >= 0.6 is 11.6 Å². The van der Waals surface area contributed by atoms with Crippen LogP contribution in [0.1, 0.15) is 29.9 Å². The van der Waals surface area contributed by atoms with Gasteiger partial charge in [-0.15, -0.1) is 0 Å². The van der Waals surface area contributed by atoms with Crippen molar-refractivity contribution in [2.75, 3.05) is 7.11 Å². The number of hydrogen-bond donors (Lipinski definition) is 2. The lowest BCUT2D eigenvalue weighted by atomic mass is 10.0. The predicted octanol–water partition coefficient (Wildman–Crippen LogP) is 3.10. The molecule has 6 nitrogen and oxygen atoms in total. The fraction of sp³-hybridized carbons (Fsp3) is 0.278. The smallest absolute Gasteiger partial charge is 0.330 e. The number of ether oxygens (including phenoxy) is 1. The predicted molar refractivity (Wildman–Crippen MR) is 94.6 cm³/mol. The van der Waals surface area contributed by atoms with Gasteiger partial charge in [-0.3, -0.25) is 4.79 Å². The molecule has 2 N–H and O–H groups in total. The molecule has 1 amide bonds. The van der Waals surface area contributed by atoms with Gasteiger partial charge in [-0.2, -0.15) is 0 Å². The van der Waals surface area contributed by atoms with Gasteiger partial charge in [0.05, 0.1) is 7.11 Å². The minimum atomic E-state index is -1.25. The summed E-state index contributed by atoms with van der Waals surface area (Å²) in [5.41, 5.74) is 0.497. The van der Waals surface area contributed by atoms with Crippen LogP contribution in [0.3, 0.4) is 0 Å². The molecule has 2 rings (SSSR count). The molecule has 1 heterocycles. The van der Waals surface area contributed by atoms with Crippen LogP contribution in [0.25, 0.3) is 11.1 Å². The van der Waals surface area contributed by atoms with E-state index in [4.69, 9.17) is 11.6 Å². The Labute approximate surface area is 150 Å². The van der Waals surface area contributed by atoms with E-state index in [0.717, 1.165) is 5.56 Å². The number of methoxy groups -OCH3 is 1. The molecule has 132 valence electrons. The Morgan fingerprint density at radius 2 is 2.00 bits per heavy atom. The highest BCUT2D eigenvalue weighted by atomic mass is 35.5. The van der Waals surface area contributed by atoms with Gasteiger partial charge in [-0.25, -0.2) is 9.78 Å². The molecule has 0 saturated heterocycles. The van der Waals surface area contributed by atoms with Gasteiger partial charge in [-0.05, 0) is 38.5 Å². The number of carbonyl (C=O) groups is 2. The molecular formula is C18H19ClN2O4. The number of esters is 1. The maximum absolute atomic E-state index is 12.4. The third-order valence-electron chi connectivity index (χ3n) is 3.78. The molecule has 0 aliphatic rings. The normalized spacial score (nSPS) is 11.1. The van der Waals surface area contributed by atoms with Gasteiger partial charge >= 0.3 is 5.97 Å². The van der Waals surface area contributed by atoms with E-state index >= 15 is 0 Å². The van der Waals surface area contributed by atoms with Crippen molar-refractivity contribution in [3.8, 4) is 16.9 Å². The lowest BCUT2D eigenvalue weighted by molar-refractivity contribution is -0.146. The number of benzene rings is 1. The van der Waals surface area contributed by atoms with E-state index in [9.17, 15) is 14.7 Å². The van der Waals surface area contributed by atoms with Crippen molar-refractivity contribution in [3.05, 3.63) is 46.7 Å². The lowest BCUT2D eigenvalue weighted by Gasteiger charge is -2.23. The number of carbonyl (C=O) groups excluding carboxylic acids is 2. The number of nitrogens with zero attached hydrogens (tertiary/aromatic N) is 1. The zero-order valence-corrected chi connectivity index (χ0v) is 15.1. The number of halogens is 1. The number of hydrogen-bond acceptors (Lipinski definition) is 5. The SMILES string of the molecule is COC(=O)C(C)(C)NC(=O)c1ncc(-c2cccc(Cl)c2)c(C)c1O. The molecular weight excluding hydrogens is 344 g/mol. The third kappa shape index (κ3) is 3.91. The number of aromatic nitrogens is 1. The average molecular weight is 363 g/mol. The second-order valence-corrected chi connectivity index (χ2v) is 6.51. The van der Waals surface area contributed by atoms with Gasteiger partial charge in [0.2, 0.25) is 0 Å². The monoisotopic (exact) mass is 362 g/mol. The van der Waals surface area contributed by atoms with Gasteiger partial charge in [0.15, 0.2) is 5.69 Å². The summed E-state index contributed by atoms with van der Waals surface area (Å²) in [4.78, 5) is 28.1. The number of amides is 1. The first kappa shape index (κ1) is 18.7. The van der Waals surface area contributed by atoms with E-state index in [0.29, 0.717) is 16.1 Å². The highest BCUT2D eigenvalue weighted by molar-refractivity contribution is 6.30. The highest BCUT2D eigenvalue weighted by Gasteiger charge is 2.32.